The molecular weight excluding hydrogens is 462 g/mol. The molecule has 1 aromatic carbocycles. The molecule has 1 rings (SSSR count). The minimum absolute atomic E-state index is 0.0193. The normalized spacial score (nSPS) is 14.0. The van der Waals surface area contributed by atoms with Crippen molar-refractivity contribution in [1.82, 2.24) is 0 Å². The molecule has 35 heavy (non-hydrogen) atoms. The summed E-state index contributed by atoms with van der Waals surface area (Å²) in [6, 6.07) is 3.23. The first-order valence-electron chi connectivity index (χ1n) is 11.5. The summed E-state index contributed by atoms with van der Waals surface area (Å²) in [6.45, 7) is 10.2. The molecule has 0 aliphatic rings. The van der Waals surface area contributed by atoms with Crippen LogP contribution in [0.4, 0.5) is 9.59 Å². The van der Waals surface area contributed by atoms with Crippen LogP contribution in [0.1, 0.15) is 53.5 Å². The highest BCUT2D eigenvalue weighted by molar-refractivity contribution is 5.76. The van der Waals surface area contributed by atoms with Crippen molar-refractivity contribution in [3.8, 4) is 11.5 Å². The van der Waals surface area contributed by atoms with Gasteiger partial charge in [-0.05, 0) is 58.2 Å². The Hall–Kier alpha value is -3.34. The average Bonchev–Trinajstić information content (AvgIpc) is 2.80. The molecular formula is C24H35NO10. The smallest absolute Gasteiger partial charge is 0.459 e. The van der Waals surface area contributed by atoms with Crippen molar-refractivity contribution < 1.29 is 47.6 Å². The van der Waals surface area contributed by atoms with Crippen molar-refractivity contribution in [3.63, 3.8) is 0 Å². The summed E-state index contributed by atoms with van der Waals surface area (Å²) in [6.07, 6.45) is -2.70. The lowest BCUT2D eigenvalue weighted by atomic mass is 10.1. The molecule has 0 heterocycles. The van der Waals surface area contributed by atoms with E-state index in [0.717, 1.165) is 0 Å². The molecule has 0 saturated carbocycles. The van der Waals surface area contributed by atoms with Crippen LogP contribution in [0, 0.1) is 5.92 Å². The van der Waals surface area contributed by atoms with Crippen LogP contribution < -0.4 is 15.2 Å². The van der Waals surface area contributed by atoms with Gasteiger partial charge in [-0.3, -0.25) is 9.59 Å². The first kappa shape index (κ1) is 29.7. The van der Waals surface area contributed by atoms with E-state index in [1.54, 1.807) is 40.7 Å². The van der Waals surface area contributed by atoms with Crippen LogP contribution in [0.25, 0.3) is 0 Å². The second kappa shape index (κ2) is 14.8. The Bertz CT molecular complexity index is 872. The van der Waals surface area contributed by atoms with Crippen LogP contribution in [0.15, 0.2) is 18.2 Å². The van der Waals surface area contributed by atoms with Gasteiger partial charge in [-0.15, -0.1) is 0 Å². The maximum atomic E-state index is 12.5. The molecule has 4 atom stereocenters. The molecule has 1 aromatic rings. The fourth-order valence-corrected chi connectivity index (χ4v) is 2.58. The lowest BCUT2D eigenvalue weighted by molar-refractivity contribution is -0.168. The SMILES string of the molecule is CCOC(=O)Oc1ccc(C[C@H](N)C(=O)O[C@@H](C)[C@H](C)OC(=O)C(C)CC)cc1OC(=O)OCC. The van der Waals surface area contributed by atoms with E-state index >= 15 is 0 Å². The van der Waals surface area contributed by atoms with E-state index in [-0.39, 0.29) is 43.0 Å². The largest absolute Gasteiger partial charge is 0.513 e. The second-order valence-corrected chi connectivity index (χ2v) is 7.76. The molecule has 0 fully saturated rings. The molecule has 2 N–H and O–H groups in total. The van der Waals surface area contributed by atoms with E-state index in [2.05, 4.69) is 0 Å². The van der Waals surface area contributed by atoms with Crippen LogP contribution in [0.3, 0.4) is 0 Å². The van der Waals surface area contributed by atoms with Crippen molar-refractivity contribution in [2.24, 2.45) is 11.7 Å². The monoisotopic (exact) mass is 497 g/mol. The number of hydrogen-bond donors (Lipinski definition) is 1. The summed E-state index contributed by atoms with van der Waals surface area (Å²) in [5.74, 6) is -1.53. The summed E-state index contributed by atoms with van der Waals surface area (Å²) in [5, 5.41) is 0. The standard InChI is InChI=1S/C24H35NO10/c1-7-14(4)21(26)32-15(5)16(6)33-22(27)18(25)12-17-10-11-19(34-23(28)30-8-2)20(13-17)35-24(29)31-9-3/h10-11,13-16,18H,7-9,12,25H2,1-6H3/t14?,15-,16-,18-/m0/s1. The minimum Gasteiger partial charge on any atom is -0.459 e. The first-order chi connectivity index (χ1) is 16.5. The van der Waals surface area contributed by atoms with Gasteiger partial charge in [0, 0.05) is 0 Å². The predicted molar refractivity (Wildman–Crippen MR) is 124 cm³/mol. The number of ether oxygens (including phenoxy) is 6. The van der Waals surface area contributed by atoms with E-state index in [1.165, 1.54) is 12.1 Å². The molecule has 0 amide bonds. The molecule has 11 nitrogen and oxygen atoms in total. The van der Waals surface area contributed by atoms with Crippen LogP contribution in [0.2, 0.25) is 0 Å². The Balaban J connectivity index is 2.87. The molecule has 196 valence electrons. The molecule has 0 aromatic heterocycles. The molecule has 0 spiro atoms. The summed E-state index contributed by atoms with van der Waals surface area (Å²) in [7, 11) is 0. The lowest BCUT2D eigenvalue weighted by Gasteiger charge is -2.23. The maximum Gasteiger partial charge on any atom is 0.513 e. The number of rotatable bonds is 12. The summed E-state index contributed by atoms with van der Waals surface area (Å²) < 4.78 is 30.3. The van der Waals surface area contributed by atoms with Crippen LogP contribution in [0.5, 0.6) is 11.5 Å². The third kappa shape index (κ3) is 10.2. The number of hydrogen-bond acceptors (Lipinski definition) is 11. The van der Waals surface area contributed by atoms with Crippen molar-refractivity contribution in [1.29, 1.82) is 0 Å². The molecule has 0 aliphatic carbocycles. The van der Waals surface area contributed by atoms with E-state index in [9.17, 15) is 19.2 Å². The summed E-state index contributed by atoms with van der Waals surface area (Å²) >= 11 is 0. The zero-order valence-corrected chi connectivity index (χ0v) is 21.0. The molecule has 11 heteroatoms. The topological polar surface area (TPSA) is 150 Å². The van der Waals surface area contributed by atoms with Crippen molar-refractivity contribution in [2.45, 2.75) is 72.6 Å². The number of benzene rings is 1. The van der Waals surface area contributed by atoms with Gasteiger partial charge in [0.15, 0.2) is 11.5 Å². The van der Waals surface area contributed by atoms with Crippen LogP contribution in [-0.4, -0.2) is 55.7 Å². The highest BCUT2D eigenvalue weighted by Crippen LogP contribution is 2.30. The second-order valence-electron chi connectivity index (χ2n) is 7.76. The van der Waals surface area contributed by atoms with Gasteiger partial charge in [0.1, 0.15) is 18.2 Å². The zero-order valence-electron chi connectivity index (χ0n) is 21.0. The predicted octanol–water partition coefficient (Wildman–Crippen LogP) is 3.54. The van der Waals surface area contributed by atoms with E-state index in [4.69, 9.17) is 34.2 Å². The zero-order chi connectivity index (χ0) is 26.5. The summed E-state index contributed by atoms with van der Waals surface area (Å²) in [4.78, 5) is 47.9. The van der Waals surface area contributed by atoms with Gasteiger partial charge in [-0.25, -0.2) is 9.59 Å². The number of carbonyl (C=O) groups is 4. The molecule has 0 bridgehead atoms. The van der Waals surface area contributed by atoms with Gasteiger partial charge in [0.25, 0.3) is 0 Å². The third-order valence-corrected chi connectivity index (χ3v) is 4.96. The van der Waals surface area contributed by atoms with Gasteiger partial charge < -0.3 is 34.2 Å². The lowest BCUT2D eigenvalue weighted by Crippen LogP contribution is -2.40. The fraction of sp³-hybridized carbons (Fsp3) is 0.583. The van der Waals surface area contributed by atoms with E-state index < -0.39 is 36.5 Å². The third-order valence-electron chi connectivity index (χ3n) is 4.96. The Morgan fingerprint density at radius 3 is 1.83 bits per heavy atom. The Labute approximate surface area is 205 Å². The molecule has 0 radical (unpaired) electrons. The quantitative estimate of drug-likeness (QED) is 0.256. The Morgan fingerprint density at radius 1 is 0.800 bits per heavy atom. The van der Waals surface area contributed by atoms with Crippen LogP contribution in [-0.2, 0) is 35.0 Å². The van der Waals surface area contributed by atoms with E-state index in [0.29, 0.717) is 12.0 Å². The molecule has 0 saturated heterocycles. The van der Waals surface area contributed by atoms with E-state index in [1.807, 2.05) is 6.92 Å². The van der Waals surface area contributed by atoms with Crippen molar-refractivity contribution in [2.75, 3.05) is 13.2 Å². The fourth-order valence-electron chi connectivity index (χ4n) is 2.58. The highest BCUT2D eigenvalue weighted by Gasteiger charge is 2.26. The van der Waals surface area contributed by atoms with Gasteiger partial charge in [-0.2, -0.15) is 0 Å². The molecule has 1 unspecified atom stereocenters. The Morgan fingerprint density at radius 2 is 1.31 bits per heavy atom. The number of nitrogens with two attached hydrogens (primary N) is 1. The van der Waals surface area contributed by atoms with Gasteiger partial charge in [0.05, 0.1) is 19.1 Å². The number of carbonyl (C=O) groups excluding carboxylic acids is 4. The first-order valence-corrected chi connectivity index (χ1v) is 11.5. The van der Waals surface area contributed by atoms with Crippen LogP contribution >= 0.6 is 0 Å². The average molecular weight is 498 g/mol. The Kier molecular flexibility index (Phi) is 12.6. The maximum absolute atomic E-state index is 12.5. The van der Waals surface area contributed by atoms with Gasteiger partial charge in [0.2, 0.25) is 0 Å². The van der Waals surface area contributed by atoms with Gasteiger partial charge >= 0.3 is 24.2 Å². The summed E-state index contributed by atoms with van der Waals surface area (Å²) in [5.41, 5.74) is 6.50. The highest BCUT2D eigenvalue weighted by atomic mass is 16.7. The minimum atomic E-state index is -1.07. The van der Waals surface area contributed by atoms with Crippen molar-refractivity contribution in [3.05, 3.63) is 23.8 Å². The molecule has 0 aliphatic heterocycles. The number of esters is 2. The van der Waals surface area contributed by atoms with Gasteiger partial charge in [-0.1, -0.05) is 19.9 Å². The van der Waals surface area contributed by atoms with Crippen molar-refractivity contribution >= 4 is 24.2 Å².